The van der Waals surface area contributed by atoms with Gasteiger partial charge in [-0.25, -0.2) is 18.7 Å². The van der Waals surface area contributed by atoms with Gasteiger partial charge >= 0.3 is 0 Å². The number of aromatic nitrogens is 4. The van der Waals surface area contributed by atoms with Crippen LogP contribution < -0.4 is 11.1 Å². The van der Waals surface area contributed by atoms with Crippen LogP contribution in [0.5, 0.6) is 5.75 Å². The van der Waals surface area contributed by atoms with Gasteiger partial charge in [-0.2, -0.15) is 0 Å². The molecule has 3 heterocycles. The summed E-state index contributed by atoms with van der Waals surface area (Å²) in [5.74, 6) is -0.948. The van der Waals surface area contributed by atoms with E-state index in [1.807, 2.05) is 18.4 Å². The number of nitrogens with two attached hydrogens (primary N) is 1. The Morgan fingerprint density at radius 2 is 2.03 bits per heavy atom. The number of aromatic hydroxyl groups is 1. The second kappa shape index (κ2) is 9.77. The number of anilines is 1. The van der Waals surface area contributed by atoms with Gasteiger partial charge in [-0.1, -0.05) is 6.07 Å². The van der Waals surface area contributed by atoms with E-state index >= 15 is 0 Å². The Bertz CT molecular complexity index is 1170. The van der Waals surface area contributed by atoms with Gasteiger partial charge in [0.1, 0.15) is 11.6 Å². The summed E-state index contributed by atoms with van der Waals surface area (Å²) in [6.45, 7) is 3.98. The first-order valence-corrected chi connectivity index (χ1v) is 9.52. The maximum atomic E-state index is 13.2. The number of nitrogens with one attached hydrogen (secondary N) is 1. The van der Waals surface area contributed by atoms with E-state index in [1.54, 1.807) is 24.7 Å². The average molecular weight is 441 g/mol. The lowest BCUT2D eigenvalue weighted by Crippen LogP contribution is -2.23. The average Bonchev–Trinajstić information content (AvgIpc) is 3.24. The fourth-order valence-corrected chi connectivity index (χ4v) is 2.75. The molecular formula is C21H21F2N7O2. The number of imidazole rings is 1. The van der Waals surface area contributed by atoms with Gasteiger partial charge < -0.3 is 20.7 Å². The molecule has 0 aliphatic carbocycles. The molecule has 3 aromatic rings. The smallest absolute Gasteiger partial charge is 0.278 e. The zero-order valence-electron chi connectivity index (χ0n) is 17.3. The van der Waals surface area contributed by atoms with Crippen molar-refractivity contribution in [2.45, 2.75) is 26.3 Å². The molecule has 9 nitrogen and oxygen atoms in total. The molecule has 166 valence electrons. The minimum atomic E-state index is -3.08. The number of pyridine rings is 2. The molecule has 32 heavy (non-hydrogen) atoms. The van der Waals surface area contributed by atoms with Crippen LogP contribution in [0.4, 0.5) is 20.3 Å². The Kier molecular flexibility index (Phi) is 6.88. The number of aliphatic imine (C=N–C) groups is 1. The van der Waals surface area contributed by atoms with Gasteiger partial charge in [-0.15, -0.1) is 0 Å². The fourth-order valence-electron chi connectivity index (χ4n) is 2.75. The van der Waals surface area contributed by atoms with Crippen molar-refractivity contribution in [1.82, 2.24) is 19.5 Å². The zero-order valence-corrected chi connectivity index (χ0v) is 17.3. The summed E-state index contributed by atoms with van der Waals surface area (Å²) in [4.78, 5) is 28.9. The van der Waals surface area contributed by atoms with Crippen LogP contribution in [0.1, 0.15) is 19.9 Å². The van der Waals surface area contributed by atoms with Crippen LogP contribution in [0.15, 0.2) is 65.4 Å². The number of hydrogen-bond acceptors (Lipinski definition) is 7. The van der Waals surface area contributed by atoms with E-state index < -0.39 is 23.6 Å². The number of rotatable bonds is 7. The molecule has 0 radical (unpaired) electrons. The van der Waals surface area contributed by atoms with Crippen LogP contribution >= 0.6 is 0 Å². The number of hydrogen-bond donors (Lipinski definition) is 3. The van der Waals surface area contributed by atoms with Crippen molar-refractivity contribution in [2.75, 3.05) is 5.32 Å². The second-order valence-electron chi connectivity index (χ2n) is 6.97. The minimum absolute atomic E-state index is 0.135. The lowest BCUT2D eigenvalue weighted by Gasteiger charge is -2.12. The lowest BCUT2D eigenvalue weighted by atomic mass is 10.2. The van der Waals surface area contributed by atoms with E-state index in [0.717, 1.165) is 11.9 Å². The van der Waals surface area contributed by atoms with E-state index in [0.29, 0.717) is 5.69 Å². The second-order valence-corrected chi connectivity index (χ2v) is 6.97. The highest BCUT2D eigenvalue weighted by Gasteiger charge is 2.19. The normalized spacial score (nSPS) is 12.4. The number of carbonyl (C=O) groups is 1. The van der Waals surface area contributed by atoms with Crippen molar-refractivity contribution in [1.29, 1.82) is 0 Å². The van der Waals surface area contributed by atoms with Crippen LogP contribution in [-0.4, -0.2) is 43.2 Å². The van der Waals surface area contributed by atoms with Gasteiger partial charge in [0.05, 0.1) is 53.3 Å². The Morgan fingerprint density at radius 3 is 2.72 bits per heavy atom. The predicted molar refractivity (Wildman–Crippen MR) is 116 cm³/mol. The van der Waals surface area contributed by atoms with Gasteiger partial charge in [0, 0.05) is 18.3 Å². The molecule has 3 rings (SSSR count). The summed E-state index contributed by atoms with van der Waals surface area (Å²) in [5.41, 5.74) is 5.39. The first-order valence-electron chi connectivity index (χ1n) is 9.52. The SMILES string of the molecule is CC(C)n1cncc1-c1cccc(NC(=O)C(C=Nc2cncc(O)c2)=C(N)C(F)F)n1. The van der Waals surface area contributed by atoms with Crippen molar-refractivity contribution >= 4 is 23.6 Å². The first-order chi connectivity index (χ1) is 15.3. The van der Waals surface area contributed by atoms with E-state index in [2.05, 4.69) is 25.3 Å². The standard InChI is InChI=1S/C21H21F2N7O2/c1-12(2)30-11-26-10-17(30)16-4-3-5-18(28-16)29-21(32)15(19(24)20(22)23)9-27-13-6-14(31)8-25-7-13/h3-12,20,31H,24H2,1-2H3,(H,28,29,32). The third-order valence-corrected chi connectivity index (χ3v) is 4.32. The Hall–Kier alpha value is -4.15. The molecule has 4 N–H and O–H groups in total. The molecule has 0 bridgehead atoms. The maximum Gasteiger partial charge on any atom is 0.278 e. The summed E-state index contributed by atoms with van der Waals surface area (Å²) in [5, 5.41) is 11.9. The molecule has 11 heteroatoms. The number of nitrogens with zero attached hydrogens (tertiary/aromatic N) is 5. The van der Waals surface area contributed by atoms with Crippen LogP contribution in [-0.2, 0) is 4.79 Å². The van der Waals surface area contributed by atoms with Gasteiger partial charge in [0.15, 0.2) is 0 Å². The quantitative estimate of drug-likeness (QED) is 0.380. The molecule has 0 aliphatic rings. The number of alkyl halides is 2. The molecule has 0 unspecified atom stereocenters. The van der Waals surface area contributed by atoms with Gasteiger partial charge in [-0.05, 0) is 26.0 Å². The summed E-state index contributed by atoms with van der Waals surface area (Å²) >= 11 is 0. The third-order valence-electron chi connectivity index (χ3n) is 4.32. The number of allylic oxidation sites excluding steroid dienone is 1. The summed E-state index contributed by atoms with van der Waals surface area (Å²) < 4.78 is 28.4. The molecule has 1 amide bonds. The van der Waals surface area contributed by atoms with Crippen LogP contribution in [0, 0.1) is 0 Å². The molecule has 0 atom stereocenters. The van der Waals surface area contributed by atoms with Gasteiger partial charge in [0.2, 0.25) is 0 Å². The van der Waals surface area contributed by atoms with Crippen molar-refractivity contribution in [2.24, 2.45) is 10.7 Å². The molecule has 3 aromatic heterocycles. The molecule has 0 saturated carbocycles. The minimum Gasteiger partial charge on any atom is -0.506 e. The number of halogens is 2. The van der Waals surface area contributed by atoms with Crippen molar-refractivity contribution in [3.8, 4) is 17.1 Å². The van der Waals surface area contributed by atoms with Crippen LogP contribution in [0.2, 0.25) is 0 Å². The molecular weight excluding hydrogens is 420 g/mol. The van der Waals surface area contributed by atoms with E-state index in [9.17, 15) is 18.7 Å². The predicted octanol–water partition coefficient (Wildman–Crippen LogP) is 3.45. The van der Waals surface area contributed by atoms with E-state index in [1.165, 1.54) is 24.5 Å². The molecule has 0 spiro atoms. The Balaban J connectivity index is 1.88. The summed E-state index contributed by atoms with van der Waals surface area (Å²) in [7, 11) is 0. The first kappa shape index (κ1) is 22.5. The van der Waals surface area contributed by atoms with Gasteiger partial charge in [0.25, 0.3) is 12.3 Å². The van der Waals surface area contributed by atoms with Crippen molar-refractivity contribution < 1.29 is 18.7 Å². The fraction of sp³-hybridized carbons (Fsp3) is 0.190. The monoisotopic (exact) mass is 441 g/mol. The maximum absolute atomic E-state index is 13.2. The third kappa shape index (κ3) is 5.31. The lowest BCUT2D eigenvalue weighted by molar-refractivity contribution is -0.112. The van der Waals surface area contributed by atoms with Crippen molar-refractivity contribution in [3.05, 3.63) is 60.5 Å². The van der Waals surface area contributed by atoms with Crippen LogP contribution in [0.3, 0.4) is 0 Å². The van der Waals surface area contributed by atoms with E-state index in [4.69, 9.17) is 5.73 Å². The van der Waals surface area contributed by atoms with Crippen molar-refractivity contribution in [3.63, 3.8) is 0 Å². The molecule has 0 aliphatic heterocycles. The Labute approximate surface area is 182 Å². The zero-order chi connectivity index (χ0) is 23.3. The summed E-state index contributed by atoms with van der Waals surface area (Å²) in [6, 6.07) is 6.31. The highest BCUT2D eigenvalue weighted by Crippen LogP contribution is 2.22. The number of amides is 1. The molecule has 0 aromatic carbocycles. The van der Waals surface area contributed by atoms with Gasteiger partial charge in [-0.3, -0.25) is 14.8 Å². The van der Waals surface area contributed by atoms with E-state index in [-0.39, 0.29) is 23.3 Å². The summed E-state index contributed by atoms with van der Waals surface area (Å²) in [6.07, 6.45) is 3.59. The Morgan fingerprint density at radius 1 is 1.25 bits per heavy atom. The highest BCUT2D eigenvalue weighted by molar-refractivity contribution is 6.18. The van der Waals surface area contributed by atoms with Crippen LogP contribution in [0.25, 0.3) is 11.4 Å². The largest absolute Gasteiger partial charge is 0.506 e. The molecule has 0 fully saturated rings. The molecule has 0 saturated heterocycles. The topological polar surface area (TPSA) is 131 Å². The highest BCUT2D eigenvalue weighted by atomic mass is 19.3. The number of carbonyl (C=O) groups excluding carboxylic acids is 1.